The molecule has 4 rings (SSSR count). The number of aryl methyl sites for hydroxylation is 1. The molecule has 1 aromatic rings. The molecule has 6 nitrogen and oxygen atoms in total. The van der Waals surface area contributed by atoms with Crippen molar-refractivity contribution in [3.8, 4) is 0 Å². The molecule has 2 amide bonds. The zero-order valence-corrected chi connectivity index (χ0v) is 15.2. The second-order valence-electron chi connectivity index (χ2n) is 7.99. The first kappa shape index (κ1) is 16.9. The third-order valence-corrected chi connectivity index (χ3v) is 6.66. The lowest BCUT2D eigenvalue weighted by atomic mass is 9.75. The van der Waals surface area contributed by atoms with E-state index in [0.29, 0.717) is 6.04 Å². The number of nitrogens with one attached hydrogen (secondary N) is 1. The van der Waals surface area contributed by atoms with Crippen molar-refractivity contribution in [2.45, 2.75) is 70.5 Å². The van der Waals surface area contributed by atoms with Crippen molar-refractivity contribution in [2.75, 3.05) is 19.8 Å². The van der Waals surface area contributed by atoms with Gasteiger partial charge in [-0.25, -0.2) is 9.78 Å². The van der Waals surface area contributed by atoms with Gasteiger partial charge in [0, 0.05) is 44.7 Å². The molecular weight excluding hydrogens is 316 g/mol. The van der Waals surface area contributed by atoms with E-state index >= 15 is 0 Å². The van der Waals surface area contributed by atoms with Crippen LogP contribution in [0.3, 0.4) is 0 Å². The van der Waals surface area contributed by atoms with Crippen LogP contribution in [0.5, 0.6) is 0 Å². The van der Waals surface area contributed by atoms with Crippen LogP contribution in [0.4, 0.5) is 4.79 Å². The highest BCUT2D eigenvalue weighted by atomic mass is 16.5. The molecule has 2 saturated heterocycles. The van der Waals surface area contributed by atoms with E-state index < -0.39 is 0 Å². The van der Waals surface area contributed by atoms with Gasteiger partial charge in [0.05, 0.1) is 6.04 Å². The Labute approximate surface area is 149 Å². The highest BCUT2D eigenvalue weighted by Crippen LogP contribution is 2.46. The third kappa shape index (κ3) is 3.28. The zero-order chi connectivity index (χ0) is 17.3. The molecule has 0 bridgehead atoms. The molecule has 3 fully saturated rings. The smallest absolute Gasteiger partial charge is 0.317 e. The molecule has 1 aromatic heterocycles. The fourth-order valence-corrected chi connectivity index (χ4v) is 5.09. The van der Waals surface area contributed by atoms with Crippen LogP contribution in [0.1, 0.15) is 50.8 Å². The highest BCUT2D eigenvalue weighted by Gasteiger charge is 2.45. The fraction of sp³-hybridized carbons (Fsp3) is 0.789. The number of ether oxygens (including phenoxy) is 1. The summed E-state index contributed by atoms with van der Waals surface area (Å²) in [6.07, 6.45) is 11.8. The highest BCUT2D eigenvalue weighted by molar-refractivity contribution is 5.75. The van der Waals surface area contributed by atoms with Gasteiger partial charge in [0.25, 0.3) is 0 Å². The van der Waals surface area contributed by atoms with Crippen LogP contribution < -0.4 is 5.32 Å². The molecule has 2 atom stereocenters. The number of imidazole rings is 1. The van der Waals surface area contributed by atoms with Crippen molar-refractivity contribution in [3.05, 3.63) is 18.2 Å². The maximum atomic E-state index is 13.0. The Hall–Kier alpha value is -1.56. The van der Waals surface area contributed by atoms with E-state index in [4.69, 9.17) is 4.74 Å². The van der Waals surface area contributed by atoms with Gasteiger partial charge in [-0.3, -0.25) is 0 Å². The lowest BCUT2D eigenvalue weighted by Crippen LogP contribution is -2.52. The molecule has 2 aliphatic heterocycles. The minimum atomic E-state index is 0.137. The molecule has 0 radical (unpaired) electrons. The summed E-state index contributed by atoms with van der Waals surface area (Å²) in [6, 6.07) is 0.734. The third-order valence-electron chi connectivity index (χ3n) is 6.66. The number of nitrogens with zero attached hydrogens (tertiary/aromatic N) is 3. The van der Waals surface area contributed by atoms with Crippen LogP contribution in [0.25, 0.3) is 0 Å². The van der Waals surface area contributed by atoms with Crippen molar-refractivity contribution >= 4 is 6.03 Å². The van der Waals surface area contributed by atoms with Gasteiger partial charge in [-0.05, 0) is 50.9 Å². The minimum Gasteiger partial charge on any atom is -0.381 e. The topological polar surface area (TPSA) is 59.4 Å². The van der Waals surface area contributed by atoms with Crippen molar-refractivity contribution in [3.63, 3.8) is 0 Å². The number of likely N-dealkylation sites (tertiary alicyclic amines) is 1. The first-order valence-corrected chi connectivity index (χ1v) is 9.81. The summed E-state index contributed by atoms with van der Waals surface area (Å²) in [6.45, 7) is 5.43. The molecule has 1 saturated carbocycles. The Morgan fingerprint density at radius 1 is 1.32 bits per heavy atom. The van der Waals surface area contributed by atoms with Gasteiger partial charge in [-0.1, -0.05) is 6.42 Å². The van der Waals surface area contributed by atoms with Crippen LogP contribution in [0.15, 0.2) is 12.4 Å². The first-order chi connectivity index (χ1) is 12.2. The molecule has 0 aromatic carbocycles. The van der Waals surface area contributed by atoms with Crippen molar-refractivity contribution in [1.82, 2.24) is 19.8 Å². The quantitative estimate of drug-likeness (QED) is 0.915. The zero-order valence-electron chi connectivity index (χ0n) is 15.2. The molecule has 25 heavy (non-hydrogen) atoms. The van der Waals surface area contributed by atoms with Gasteiger partial charge < -0.3 is 19.5 Å². The van der Waals surface area contributed by atoms with Crippen LogP contribution in [-0.4, -0.2) is 52.3 Å². The van der Waals surface area contributed by atoms with E-state index in [2.05, 4.69) is 19.8 Å². The van der Waals surface area contributed by atoms with Crippen molar-refractivity contribution in [2.24, 2.45) is 5.41 Å². The van der Waals surface area contributed by atoms with E-state index in [9.17, 15) is 4.79 Å². The maximum Gasteiger partial charge on any atom is 0.317 e. The maximum absolute atomic E-state index is 13.0. The summed E-state index contributed by atoms with van der Waals surface area (Å²) in [5, 5.41) is 3.41. The van der Waals surface area contributed by atoms with Crippen molar-refractivity contribution < 1.29 is 9.53 Å². The van der Waals surface area contributed by atoms with Gasteiger partial charge in [0.1, 0.15) is 5.82 Å². The lowest BCUT2D eigenvalue weighted by Gasteiger charge is -2.40. The Kier molecular flexibility index (Phi) is 4.71. The Morgan fingerprint density at radius 2 is 2.16 bits per heavy atom. The van der Waals surface area contributed by atoms with Gasteiger partial charge in [0.2, 0.25) is 0 Å². The Morgan fingerprint density at radius 3 is 2.92 bits per heavy atom. The molecule has 1 spiro atoms. The number of amides is 2. The number of carbonyl (C=O) groups excluding carboxylic acids is 1. The van der Waals surface area contributed by atoms with Crippen LogP contribution in [0, 0.1) is 12.3 Å². The molecule has 3 aliphatic rings. The summed E-state index contributed by atoms with van der Waals surface area (Å²) >= 11 is 0. The lowest BCUT2D eigenvalue weighted by molar-refractivity contribution is 0.00532. The molecular formula is C19H30N4O2. The van der Waals surface area contributed by atoms with Crippen LogP contribution in [0.2, 0.25) is 0 Å². The average Bonchev–Trinajstić information content (AvgIpc) is 3.32. The summed E-state index contributed by atoms with van der Waals surface area (Å²) in [5.41, 5.74) is 0.282. The van der Waals surface area contributed by atoms with Crippen molar-refractivity contribution in [1.29, 1.82) is 0 Å². The summed E-state index contributed by atoms with van der Waals surface area (Å²) in [5.74, 6) is 1.02. The molecule has 1 N–H and O–H groups in total. The predicted octanol–water partition coefficient (Wildman–Crippen LogP) is 2.71. The molecule has 6 heteroatoms. The Bertz CT molecular complexity index is 608. The average molecular weight is 346 g/mol. The van der Waals surface area contributed by atoms with Crippen LogP contribution in [-0.2, 0) is 11.3 Å². The number of hydrogen-bond donors (Lipinski definition) is 1. The number of rotatable bonds is 3. The molecule has 138 valence electrons. The minimum absolute atomic E-state index is 0.137. The summed E-state index contributed by atoms with van der Waals surface area (Å²) in [7, 11) is 0. The predicted molar refractivity (Wildman–Crippen MR) is 95.3 cm³/mol. The number of hydrogen-bond acceptors (Lipinski definition) is 3. The number of aromatic nitrogens is 2. The Balaban J connectivity index is 1.40. The van der Waals surface area contributed by atoms with E-state index in [-0.39, 0.29) is 17.5 Å². The van der Waals surface area contributed by atoms with E-state index in [1.54, 1.807) is 0 Å². The normalized spacial score (nSPS) is 28.6. The number of urea groups is 1. The van der Waals surface area contributed by atoms with E-state index in [1.165, 1.54) is 12.8 Å². The molecule has 3 heterocycles. The fourth-order valence-electron chi connectivity index (χ4n) is 5.09. The second kappa shape index (κ2) is 6.98. The molecule has 0 unspecified atom stereocenters. The van der Waals surface area contributed by atoms with Crippen LogP contribution >= 0.6 is 0 Å². The van der Waals surface area contributed by atoms with Gasteiger partial charge in [0.15, 0.2) is 0 Å². The summed E-state index contributed by atoms with van der Waals surface area (Å²) < 4.78 is 7.72. The molecule has 1 aliphatic carbocycles. The van der Waals surface area contributed by atoms with E-state index in [1.807, 2.05) is 19.3 Å². The summed E-state index contributed by atoms with van der Waals surface area (Å²) in [4.78, 5) is 19.4. The SMILES string of the molecule is Cc1nccn1C[C@H]1CCCN1C(=O)N[C@H]1CCCC12CCOCC2. The first-order valence-electron chi connectivity index (χ1n) is 9.81. The standard InChI is InChI=1S/C19H30N4O2/c1-15-20-9-11-22(15)14-16-4-3-10-23(16)18(24)21-17-5-2-6-19(17)7-12-25-13-8-19/h9,11,16-17H,2-8,10,12-14H2,1H3,(H,21,24)/t16-,17+/m1/s1. The van der Waals surface area contributed by atoms with E-state index in [0.717, 1.165) is 64.2 Å². The monoisotopic (exact) mass is 346 g/mol. The number of carbonyl (C=O) groups is 1. The van der Waals surface area contributed by atoms with Gasteiger partial charge in [-0.15, -0.1) is 0 Å². The largest absolute Gasteiger partial charge is 0.381 e. The van der Waals surface area contributed by atoms with Gasteiger partial charge in [-0.2, -0.15) is 0 Å². The second-order valence-corrected chi connectivity index (χ2v) is 7.99. The van der Waals surface area contributed by atoms with Gasteiger partial charge >= 0.3 is 6.03 Å².